The summed E-state index contributed by atoms with van der Waals surface area (Å²) in [5.74, 6) is 0.715. The monoisotopic (exact) mass is 414 g/mol. The maximum atomic E-state index is 13.5. The van der Waals surface area contributed by atoms with Gasteiger partial charge in [0.25, 0.3) is 5.56 Å². The Balaban J connectivity index is 1.69. The third kappa shape index (κ3) is 3.08. The number of nitrogens with one attached hydrogen (secondary N) is 1. The molecule has 0 saturated carbocycles. The molecule has 0 amide bonds. The van der Waals surface area contributed by atoms with Gasteiger partial charge in [-0.1, -0.05) is 41.9 Å². The quantitative estimate of drug-likeness (QED) is 0.481. The predicted molar refractivity (Wildman–Crippen MR) is 123 cm³/mol. The second-order valence-electron chi connectivity index (χ2n) is 7.30. The Bertz CT molecular complexity index is 1340. The molecule has 5 nitrogen and oxygen atoms in total. The number of nitrogens with zero attached hydrogens (tertiary/aromatic N) is 3. The molecule has 5 rings (SSSR count). The van der Waals surface area contributed by atoms with E-state index in [0.717, 1.165) is 34.4 Å². The molecular formula is C24H19ClN4O. The minimum atomic E-state index is -0.198. The zero-order valence-electron chi connectivity index (χ0n) is 16.3. The number of para-hydroxylation sites is 1. The molecule has 0 aliphatic carbocycles. The van der Waals surface area contributed by atoms with Crippen molar-refractivity contribution in [2.45, 2.75) is 19.4 Å². The van der Waals surface area contributed by atoms with E-state index in [2.05, 4.69) is 15.3 Å². The van der Waals surface area contributed by atoms with Crippen LogP contribution < -0.4 is 10.9 Å². The normalized spacial score (nSPS) is 13.4. The van der Waals surface area contributed by atoms with Crippen molar-refractivity contribution in [3.8, 4) is 5.69 Å². The minimum Gasteiger partial charge on any atom is -0.360 e. The molecular weight excluding hydrogens is 396 g/mol. The fourth-order valence-corrected chi connectivity index (χ4v) is 4.19. The lowest BCUT2D eigenvalue weighted by molar-refractivity contribution is 0.773. The first kappa shape index (κ1) is 18.6. The van der Waals surface area contributed by atoms with Crippen LogP contribution in [0.5, 0.6) is 0 Å². The molecule has 0 spiro atoms. The van der Waals surface area contributed by atoms with E-state index in [0.29, 0.717) is 16.2 Å². The molecule has 2 aromatic heterocycles. The first-order valence-corrected chi connectivity index (χ1v) is 10.2. The predicted octanol–water partition coefficient (Wildman–Crippen LogP) is 5.47. The summed E-state index contributed by atoms with van der Waals surface area (Å²) in [5, 5.41) is 5.24. The van der Waals surface area contributed by atoms with Crippen molar-refractivity contribution < 1.29 is 0 Å². The van der Waals surface area contributed by atoms with Gasteiger partial charge in [0, 0.05) is 30.2 Å². The molecule has 148 valence electrons. The Morgan fingerprint density at radius 3 is 2.77 bits per heavy atom. The van der Waals surface area contributed by atoms with Gasteiger partial charge in [0.1, 0.15) is 5.69 Å². The summed E-state index contributed by atoms with van der Waals surface area (Å²) in [7, 11) is 0. The lowest BCUT2D eigenvalue weighted by atomic mass is 10.1. The fourth-order valence-electron chi connectivity index (χ4n) is 3.92. The highest BCUT2D eigenvalue weighted by Gasteiger charge is 2.20. The van der Waals surface area contributed by atoms with Crippen molar-refractivity contribution >= 4 is 40.1 Å². The van der Waals surface area contributed by atoms with Gasteiger partial charge in [0.2, 0.25) is 0 Å². The van der Waals surface area contributed by atoms with Crippen LogP contribution in [0.25, 0.3) is 16.5 Å². The van der Waals surface area contributed by atoms with Crippen LogP contribution in [0.4, 0.5) is 11.5 Å². The molecule has 0 saturated heterocycles. The molecule has 0 radical (unpaired) electrons. The maximum absolute atomic E-state index is 13.5. The number of rotatable bonds is 4. The zero-order valence-corrected chi connectivity index (χ0v) is 17.1. The second kappa shape index (κ2) is 7.43. The van der Waals surface area contributed by atoms with E-state index in [1.54, 1.807) is 16.8 Å². The number of hydrogen-bond acceptors (Lipinski definition) is 4. The number of fused-ring (bicyclic) bond motifs is 2. The number of aromatic nitrogens is 2. The Hall–Kier alpha value is -3.44. The van der Waals surface area contributed by atoms with Gasteiger partial charge in [-0.3, -0.25) is 14.4 Å². The standard InChI is InChI=1S/C24H19ClN4O/c1-15(28-23-22-16(10-12-26-22)11-13-27-23)20-14-17-6-5-9-19(25)21(17)24(30)29(20)18-7-3-2-4-8-18/h2-9,11-15H,10H2,1H3,(H,27,28)/t15-/m0/s1. The molecule has 1 N–H and O–H groups in total. The Labute approximate surface area is 178 Å². The van der Waals surface area contributed by atoms with Crippen LogP contribution in [-0.4, -0.2) is 15.8 Å². The van der Waals surface area contributed by atoms with Crippen molar-refractivity contribution in [3.05, 3.63) is 93.5 Å². The number of hydrogen-bond donors (Lipinski definition) is 1. The summed E-state index contributed by atoms with van der Waals surface area (Å²) in [4.78, 5) is 22.5. The Morgan fingerprint density at radius 2 is 1.93 bits per heavy atom. The fraction of sp³-hybridized carbons (Fsp3) is 0.125. The van der Waals surface area contributed by atoms with Crippen LogP contribution in [0.15, 0.2) is 76.6 Å². The van der Waals surface area contributed by atoms with Crippen LogP contribution in [0, 0.1) is 0 Å². The van der Waals surface area contributed by atoms with Crippen LogP contribution in [-0.2, 0) is 6.42 Å². The summed E-state index contributed by atoms with van der Waals surface area (Å²) in [6, 6.07) is 18.9. The van der Waals surface area contributed by atoms with Gasteiger partial charge in [-0.25, -0.2) is 4.98 Å². The number of anilines is 1. The van der Waals surface area contributed by atoms with Gasteiger partial charge < -0.3 is 5.32 Å². The third-order valence-electron chi connectivity index (χ3n) is 5.38. The van der Waals surface area contributed by atoms with Crippen LogP contribution in [0.1, 0.15) is 24.2 Å². The summed E-state index contributed by atoms with van der Waals surface area (Å²) < 4.78 is 1.72. The van der Waals surface area contributed by atoms with Crippen molar-refractivity contribution in [1.82, 2.24) is 9.55 Å². The third-order valence-corrected chi connectivity index (χ3v) is 5.69. The number of aliphatic imine (C=N–C) groups is 1. The first-order valence-electron chi connectivity index (χ1n) is 9.80. The minimum absolute atomic E-state index is 0.141. The number of halogens is 1. The van der Waals surface area contributed by atoms with E-state index < -0.39 is 0 Å². The number of benzene rings is 2. The topological polar surface area (TPSA) is 59.3 Å². The molecule has 30 heavy (non-hydrogen) atoms. The highest BCUT2D eigenvalue weighted by atomic mass is 35.5. The summed E-state index contributed by atoms with van der Waals surface area (Å²) in [6.45, 7) is 2.02. The SMILES string of the molecule is C[C@H](Nc1nccc2c1N=CC2)c1cc2cccc(Cl)c2c(=O)n1-c1ccccc1. The van der Waals surface area contributed by atoms with Gasteiger partial charge in [-0.2, -0.15) is 0 Å². The molecule has 0 bridgehead atoms. The van der Waals surface area contributed by atoms with E-state index in [9.17, 15) is 4.79 Å². The molecule has 0 unspecified atom stereocenters. The summed E-state index contributed by atoms with van der Waals surface area (Å²) in [5.41, 5.74) is 3.48. The van der Waals surface area contributed by atoms with E-state index in [-0.39, 0.29) is 11.6 Å². The van der Waals surface area contributed by atoms with Crippen molar-refractivity contribution in [2.24, 2.45) is 4.99 Å². The van der Waals surface area contributed by atoms with Gasteiger partial charge in [0.05, 0.1) is 16.5 Å². The highest BCUT2D eigenvalue weighted by Crippen LogP contribution is 2.33. The van der Waals surface area contributed by atoms with Gasteiger partial charge in [0.15, 0.2) is 5.82 Å². The Morgan fingerprint density at radius 1 is 1.10 bits per heavy atom. The highest BCUT2D eigenvalue weighted by molar-refractivity contribution is 6.35. The average Bonchev–Trinajstić information content (AvgIpc) is 3.24. The molecule has 1 aliphatic rings. The van der Waals surface area contributed by atoms with E-state index in [1.165, 1.54) is 0 Å². The molecule has 4 aromatic rings. The van der Waals surface area contributed by atoms with Crippen LogP contribution in [0.2, 0.25) is 5.02 Å². The van der Waals surface area contributed by atoms with E-state index >= 15 is 0 Å². The first-order chi connectivity index (χ1) is 14.6. The smallest absolute Gasteiger partial charge is 0.264 e. The average molecular weight is 415 g/mol. The summed E-state index contributed by atoms with van der Waals surface area (Å²) >= 11 is 6.39. The van der Waals surface area contributed by atoms with Crippen molar-refractivity contribution in [1.29, 1.82) is 0 Å². The van der Waals surface area contributed by atoms with Crippen LogP contribution >= 0.6 is 11.6 Å². The molecule has 3 heterocycles. The van der Waals surface area contributed by atoms with Gasteiger partial charge >= 0.3 is 0 Å². The molecule has 6 heteroatoms. The lowest BCUT2D eigenvalue weighted by Crippen LogP contribution is -2.25. The number of pyridine rings is 2. The lowest BCUT2D eigenvalue weighted by Gasteiger charge is -2.22. The van der Waals surface area contributed by atoms with Crippen LogP contribution in [0.3, 0.4) is 0 Å². The molecule has 1 atom stereocenters. The molecule has 2 aromatic carbocycles. The van der Waals surface area contributed by atoms with E-state index in [1.807, 2.05) is 67.7 Å². The zero-order chi connectivity index (χ0) is 20.7. The Kier molecular flexibility index (Phi) is 4.60. The van der Waals surface area contributed by atoms with Gasteiger partial charge in [-0.15, -0.1) is 0 Å². The van der Waals surface area contributed by atoms with Crippen molar-refractivity contribution in [3.63, 3.8) is 0 Å². The maximum Gasteiger partial charge on any atom is 0.264 e. The second-order valence-corrected chi connectivity index (χ2v) is 7.71. The molecule has 1 aliphatic heterocycles. The largest absolute Gasteiger partial charge is 0.360 e. The van der Waals surface area contributed by atoms with Crippen molar-refractivity contribution in [2.75, 3.05) is 5.32 Å². The van der Waals surface area contributed by atoms with Gasteiger partial charge in [-0.05, 0) is 48.2 Å². The van der Waals surface area contributed by atoms with E-state index in [4.69, 9.17) is 11.6 Å². The molecule has 0 fully saturated rings. The summed E-state index contributed by atoms with van der Waals surface area (Å²) in [6.07, 6.45) is 4.48.